The number of aliphatic hydroxyl groups is 1. The van der Waals surface area contributed by atoms with Gasteiger partial charge < -0.3 is 14.7 Å². The van der Waals surface area contributed by atoms with Crippen molar-refractivity contribution in [1.29, 1.82) is 0 Å². The van der Waals surface area contributed by atoms with Crippen LogP contribution in [0.2, 0.25) is 0 Å². The summed E-state index contributed by atoms with van der Waals surface area (Å²) in [5.74, 6) is 2.91. The first-order valence-electron chi connectivity index (χ1n) is 9.67. The zero-order valence-electron chi connectivity index (χ0n) is 16.0. The number of hydrogen-bond donors (Lipinski definition) is 1. The Labute approximate surface area is 160 Å². The van der Waals surface area contributed by atoms with E-state index in [4.69, 9.17) is 11.2 Å². The molecule has 0 radical (unpaired) electrons. The number of carbonyl (C=O) groups is 1. The lowest BCUT2D eigenvalue weighted by molar-refractivity contribution is -0.114. The van der Waals surface area contributed by atoms with E-state index in [1.807, 2.05) is 6.07 Å². The van der Waals surface area contributed by atoms with Gasteiger partial charge in [0.1, 0.15) is 0 Å². The topological polar surface area (TPSA) is 62.7 Å². The number of piperidine rings is 1. The molecule has 0 bridgehead atoms. The molecule has 0 amide bonds. The molecule has 4 rings (SSSR count). The number of ketones is 1. The molecule has 2 fully saturated rings. The highest BCUT2D eigenvalue weighted by atomic mass is 16.5. The number of carbonyl (C=O) groups excluding carboxylic acids is 1. The van der Waals surface area contributed by atoms with Crippen LogP contribution in [0.1, 0.15) is 55.5 Å². The van der Waals surface area contributed by atoms with Crippen LogP contribution in [0.4, 0.5) is 0 Å². The fourth-order valence-electron chi connectivity index (χ4n) is 4.09. The zero-order chi connectivity index (χ0) is 19.2. The van der Waals surface area contributed by atoms with Gasteiger partial charge >= 0.3 is 0 Å². The SMILES string of the molecule is C#CC1=C(N2CCC(C)(OC)CC2)c2cc(C(O)C3CC3)ncc2CC1=O. The first-order chi connectivity index (χ1) is 13.0. The van der Waals surface area contributed by atoms with Crippen molar-refractivity contribution in [2.75, 3.05) is 20.2 Å². The third-order valence-corrected chi connectivity index (χ3v) is 6.28. The van der Waals surface area contributed by atoms with Crippen molar-refractivity contribution in [3.8, 4) is 12.3 Å². The molecule has 0 spiro atoms. The number of aliphatic hydroxyl groups excluding tert-OH is 1. The number of terminal acetylenes is 1. The number of nitrogens with zero attached hydrogens (tertiary/aromatic N) is 2. The van der Waals surface area contributed by atoms with E-state index in [1.54, 1.807) is 13.3 Å². The van der Waals surface area contributed by atoms with E-state index in [0.717, 1.165) is 55.6 Å². The number of fused-ring (bicyclic) bond motifs is 1. The number of ether oxygens (including phenoxy) is 1. The van der Waals surface area contributed by atoms with Crippen molar-refractivity contribution >= 4 is 11.5 Å². The molecular formula is C22H26N2O3. The average molecular weight is 366 g/mol. The van der Waals surface area contributed by atoms with Crippen LogP contribution >= 0.6 is 0 Å². The largest absolute Gasteiger partial charge is 0.387 e. The monoisotopic (exact) mass is 366 g/mol. The lowest BCUT2D eigenvalue weighted by atomic mass is 9.86. The van der Waals surface area contributed by atoms with Crippen LogP contribution in [0.15, 0.2) is 17.8 Å². The van der Waals surface area contributed by atoms with Gasteiger partial charge in [-0.3, -0.25) is 9.78 Å². The Hall–Kier alpha value is -2.16. The van der Waals surface area contributed by atoms with E-state index in [2.05, 4.69) is 22.7 Å². The van der Waals surface area contributed by atoms with Gasteiger partial charge in [-0.25, -0.2) is 0 Å². The minimum absolute atomic E-state index is 0.0302. The minimum Gasteiger partial charge on any atom is -0.387 e. The van der Waals surface area contributed by atoms with Crippen LogP contribution in [0.5, 0.6) is 0 Å². The summed E-state index contributed by atoms with van der Waals surface area (Å²) in [7, 11) is 1.75. The minimum atomic E-state index is -0.540. The molecule has 0 aromatic carbocycles. The second-order valence-electron chi connectivity index (χ2n) is 8.16. The number of hydrogen-bond acceptors (Lipinski definition) is 5. The van der Waals surface area contributed by atoms with Gasteiger partial charge in [-0.05, 0) is 50.2 Å². The van der Waals surface area contributed by atoms with Crippen molar-refractivity contribution in [1.82, 2.24) is 9.88 Å². The number of allylic oxidation sites excluding steroid dienone is 1. The molecule has 1 aromatic heterocycles. The number of rotatable bonds is 4. The van der Waals surface area contributed by atoms with Crippen LogP contribution in [0.3, 0.4) is 0 Å². The van der Waals surface area contributed by atoms with Crippen LogP contribution < -0.4 is 0 Å². The maximum absolute atomic E-state index is 12.6. The summed E-state index contributed by atoms with van der Waals surface area (Å²) in [6.45, 7) is 3.68. The Morgan fingerprint density at radius 1 is 1.41 bits per heavy atom. The van der Waals surface area contributed by atoms with E-state index in [1.165, 1.54) is 0 Å². The molecule has 5 heteroatoms. The zero-order valence-corrected chi connectivity index (χ0v) is 16.0. The number of pyridine rings is 1. The van der Waals surface area contributed by atoms with Gasteiger partial charge in [-0.15, -0.1) is 6.42 Å². The Balaban J connectivity index is 1.73. The molecule has 142 valence electrons. The number of aromatic nitrogens is 1. The molecule has 1 N–H and O–H groups in total. The second-order valence-corrected chi connectivity index (χ2v) is 8.16. The lowest BCUT2D eigenvalue weighted by Gasteiger charge is -2.41. The molecule has 2 heterocycles. The van der Waals surface area contributed by atoms with Gasteiger partial charge in [0.2, 0.25) is 0 Å². The number of likely N-dealkylation sites (tertiary alicyclic amines) is 1. The molecule has 5 nitrogen and oxygen atoms in total. The third kappa shape index (κ3) is 3.28. The predicted molar refractivity (Wildman–Crippen MR) is 103 cm³/mol. The average Bonchev–Trinajstić information content (AvgIpc) is 3.52. The summed E-state index contributed by atoms with van der Waals surface area (Å²) >= 11 is 0. The van der Waals surface area contributed by atoms with Crippen molar-refractivity contribution in [3.63, 3.8) is 0 Å². The van der Waals surface area contributed by atoms with E-state index in [0.29, 0.717) is 17.2 Å². The third-order valence-electron chi connectivity index (χ3n) is 6.28. The molecule has 1 atom stereocenters. The Morgan fingerprint density at radius 2 is 2.11 bits per heavy atom. The predicted octanol–water partition coefficient (Wildman–Crippen LogP) is 2.50. The highest BCUT2D eigenvalue weighted by Gasteiger charge is 2.36. The van der Waals surface area contributed by atoms with E-state index < -0.39 is 6.10 Å². The molecule has 1 saturated heterocycles. The van der Waals surface area contributed by atoms with Crippen LogP contribution in [-0.2, 0) is 16.0 Å². The summed E-state index contributed by atoms with van der Waals surface area (Å²) in [6.07, 6.45) is 11.0. The molecule has 1 aliphatic heterocycles. The fraction of sp³-hybridized carbons (Fsp3) is 0.545. The van der Waals surface area contributed by atoms with Gasteiger partial charge in [0.05, 0.1) is 28.7 Å². The molecular weight excluding hydrogens is 340 g/mol. The summed E-state index contributed by atoms with van der Waals surface area (Å²) in [5, 5.41) is 10.5. The molecule has 1 aromatic rings. The van der Waals surface area contributed by atoms with E-state index in [-0.39, 0.29) is 17.8 Å². The van der Waals surface area contributed by atoms with E-state index >= 15 is 0 Å². The standard InChI is InChI=1S/C22H26N2O3/c1-4-16-19(25)11-15-13-23-18(21(26)14-5-6-14)12-17(15)20(16)24-9-7-22(2,27-3)8-10-24/h1,12-14,21,26H,5-11H2,2-3H3. The van der Waals surface area contributed by atoms with Gasteiger partial charge in [-0.1, -0.05) is 5.92 Å². The summed E-state index contributed by atoms with van der Waals surface area (Å²) in [6, 6.07) is 1.95. The Kier molecular flexibility index (Phi) is 4.57. The van der Waals surface area contributed by atoms with E-state index in [9.17, 15) is 9.90 Å². The van der Waals surface area contributed by atoms with Crippen molar-refractivity contribution < 1.29 is 14.6 Å². The molecule has 1 unspecified atom stereocenters. The van der Waals surface area contributed by atoms with Gasteiger partial charge in [0.25, 0.3) is 0 Å². The first-order valence-corrected chi connectivity index (χ1v) is 9.67. The molecule has 2 aliphatic carbocycles. The van der Waals surface area contributed by atoms with Crippen molar-refractivity contribution in [2.45, 2.75) is 50.7 Å². The molecule has 3 aliphatic rings. The number of methoxy groups -OCH3 is 1. The number of Topliss-reactive ketones (excluding diaryl/α,β-unsaturated/α-hetero) is 1. The van der Waals surface area contributed by atoms with Gasteiger partial charge in [0, 0.05) is 38.4 Å². The molecule has 1 saturated carbocycles. The van der Waals surface area contributed by atoms with Crippen molar-refractivity contribution in [3.05, 3.63) is 34.7 Å². The van der Waals surface area contributed by atoms with Crippen LogP contribution in [0, 0.1) is 18.3 Å². The summed E-state index contributed by atoms with van der Waals surface area (Å²) < 4.78 is 5.65. The summed E-state index contributed by atoms with van der Waals surface area (Å²) in [4.78, 5) is 19.3. The van der Waals surface area contributed by atoms with Gasteiger partial charge in [-0.2, -0.15) is 0 Å². The van der Waals surface area contributed by atoms with Crippen molar-refractivity contribution in [2.24, 2.45) is 5.92 Å². The second kappa shape index (κ2) is 6.78. The summed E-state index contributed by atoms with van der Waals surface area (Å²) in [5.41, 5.74) is 3.66. The fourth-order valence-corrected chi connectivity index (χ4v) is 4.09. The Bertz CT molecular complexity index is 840. The van der Waals surface area contributed by atoms with Gasteiger partial charge in [0.15, 0.2) is 5.78 Å². The smallest absolute Gasteiger partial charge is 0.177 e. The lowest BCUT2D eigenvalue weighted by Crippen LogP contribution is -2.43. The first kappa shape index (κ1) is 18.2. The molecule has 27 heavy (non-hydrogen) atoms. The quantitative estimate of drug-likeness (QED) is 0.830. The maximum Gasteiger partial charge on any atom is 0.177 e. The van der Waals surface area contributed by atoms with Crippen LogP contribution in [-0.4, -0.2) is 46.6 Å². The van der Waals surface area contributed by atoms with Crippen LogP contribution in [0.25, 0.3) is 5.70 Å². The highest BCUT2D eigenvalue weighted by Crippen LogP contribution is 2.42. The normalized spacial score (nSPS) is 23.0. The maximum atomic E-state index is 12.6. The highest BCUT2D eigenvalue weighted by molar-refractivity contribution is 6.10. The Morgan fingerprint density at radius 3 is 2.70 bits per heavy atom.